The molecule has 0 saturated heterocycles. The van der Waals surface area contributed by atoms with Crippen LogP contribution in [0, 0.1) is 0 Å². The van der Waals surface area contributed by atoms with Crippen molar-refractivity contribution in [3.05, 3.63) is 0 Å². The molecule has 0 heterocycles. The summed E-state index contributed by atoms with van der Waals surface area (Å²) in [6.45, 7) is -0.250. The van der Waals surface area contributed by atoms with E-state index in [4.69, 9.17) is 9.90 Å². The average Bonchev–Trinajstić information content (AvgIpc) is 0.918. The second-order valence-electron chi connectivity index (χ2n) is 0.105. The summed E-state index contributed by atoms with van der Waals surface area (Å²) in [5.41, 5.74) is 0. The van der Waals surface area contributed by atoms with E-state index in [1.807, 2.05) is 0 Å². The normalized spacial score (nSPS) is 2.40. The summed E-state index contributed by atoms with van der Waals surface area (Å²) in [6.07, 6.45) is 0. The van der Waals surface area contributed by atoms with Gasteiger partial charge in [-0.1, -0.05) is 0 Å². The van der Waals surface area contributed by atoms with E-state index in [1.54, 1.807) is 0 Å². The standard InChI is InChI=1S/CH2O2.K.H2Se.H/c2-1-3;;;/h1H,(H,2,3);;1H2;/q;+1;;-1. The third-order valence-corrected chi connectivity index (χ3v) is 0. The maximum absolute atomic E-state index is 8.36. The molecule has 5 heavy (non-hydrogen) atoms. The SMILES string of the molecule is O=CO.[H-].[K+].[SeH2]. The minimum absolute atomic E-state index is 0. The van der Waals surface area contributed by atoms with Crippen molar-refractivity contribution in [1.29, 1.82) is 0 Å². The van der Waals surface area contributed by atoms with Gasteiger partial charge in [0.25, 0.3) is 6.47 Å². The Morgan fingerprint density at radius 3 is 1.80 bits per heavy atom. The van der Waals surface area contributed by atoms with Gasteiger partial charge in [0.15, 0.2) is 0 Å². The number of hydrogen-bond donors (Lipinski definition) is 1. The van der Waals surface area contributed by atoms with E-state index in [-0.39, 0.29) is 76.4 Å². The molecule has 4 heteroatoms. The third kappa shape index (κ3) is 28.0. The van der Waals surface area contributed by atoms with Crippen LogP contribution in [0.3, 0.4) is 0 Å². The van der Waals surface area contributed by atoms with Crippen LogP contribution >= 0.6 is 0 Å². The van der Waals surface area contributed by atoms with Gasteiger partial charge in [-0.2, -0.15) is 0 Å². The molecule has 0 aromatic heterocycles. The van der Waals surface area contributed by atoms with Gasteiger partial charge in [0.1, 0.15) is 0 Å². The third-order valence-electron chi connectivity index (χ3n) is 0. The second-order valence-corrected chi connectivity index (χ2v) is 0.105. The first-order valence-corrected chi connectivity index (χ1v) is 0.494. The van der Waals surface area contributed by atoms with Crippen LogP contribution < -0.4 is 51.4 Å². The first-order valence-electron chi connectivity index (χ1n) is 0.494. The summed E-state index contributed by atoms with van der Waals surface area (Å²) in [6, 6.07) is 0. The van der Waals surface area contributed by atoms with Gasteiger partial charge in [0.2, 0.25) is 0 Å². The molecule has 0 fully saturated rings. The van der Waals surface area contributed by atoms with Crippen LogP contribution in [0.1, 0.15) is 1.43 Å². The zero-order valence-electron chi connectivity index (χ0n) is 3.93. The molecule has 0 amide bonds. The molecule has 28 valence electrons. The Bertz CT molecular complexity index is 21.0. The molecule has 0 atom stereocenters. The van der Waals surface area contributed by atoms with Crippen molar-refractivity contribution in [3.63, 3.8) is 0 Å². The van der Waals surface area contributed by atoms with E-state index >= 15 is 0 Å². The maximum atomic E-state index is 8.36. The molecule has 0 aliphatic carbocycles. The van der Waals surface area contributed by atoms with Crippen LogP contribution in [-0.4, -0.2) is 28.6 Å². The van der Waals surface area contributed by atoms with Crippen molar-refractivity contribution in [2.24, 2.45) is 0 Å². The zero-order chi connectivity index (χ0) is 2.71. The molecular formula is CH5KO2Se. The Kier molecular flexibility index (Phi) is 55.7. The molecule has 0 aliphatic rings. The van der Waals surface area contributed by atoms with Crippen LogP contribution in [0.5, 0.6) is 0 Å². The number of rotatable bonds is 0. The molecule has 0 spiro atoms. The molecule has 0 unspecified atom stereocenters. The predicted molar refractivity (Wildman–Crippen MR) is 18.3 cm³/mol. The fraction of sp³-hybridized carbons (Fsp3) is 0. The molecule has 1 N–H and O–H groups in total. The van der Waals surface area contributed by atoms with Crippen molar-refractivity contribution in [3.8, 4) is 0 Å². The summed E-state index contributed by atoms with van der Waals surface area (Å²) < 4.78 is 0. The van der Waals surface area contributed by atoms with E-state index in [1.165, 1.54) is 0 Å². The van der Waals surface area contributed by atoms with Gasteiger partial charge in [-0.25, -0.2) is 0 Å². The Morgan fingerprint density at radius 2 is 1.80 bits per heavy atom. The van der Waals surface area contributed by atoms with Gasteiger partial charge < -0.3 is 6.53 Å². The summed E-state index contributed by atoms with van der Waals surface area (Å²) >= 11 is 0. The van der Waals surface area contributed by atoms with Crippen LogP contribution in [0.15, 0.2) is 0 Å². The Balaban J connectivity index is -0.00000000667. The second kappa shape index (κ2) is 17.5. The summed E-state index contributed by atoms with van der Waals surface area (Å²) in [4.78, 5) is 8.36. The Morgan fingerprint density at radius 1 is 1.80 bits per heavy atom. The average molecular weight is 167 g/mol. The summed E-state index contributed by atoms with van der Waals surface area (Å²) in [7, 11) is 0. The monoisotopic (exact) mass is 168 g/mol. The minimum atomic E-state index is -0.250. The van der Waals surface area contributed by atoms with Gasteiger partial charge in [0.05, 0.1) is 0 Å². The number of carbonyl (C=O) groups is 1. The molecule has 0 radical (unpaired) electrons. The van der Waals surface area contributed by atoms with Gasteiger partial charge in [0, 0.05) is 0 Å². The summed E-state index contributed by atoms with van der Waals surface area (Å²) in [5, 5.41) is 6.89. The van der Waals surface area contributed by atoms with E-state index < -0.39 is 0 Å². The van der Waals surface area contributed by atoms with Gasteiger partial charge in [-0.15, -0.1) is 0 Å². The van der Waals surface area contributed by atoms with Crippen molar-refractivity contribution in [2.75, 3.05) is 0 Å². The van der Waals surface area contributed by atoms with Crippen LogP contribution in [0.4, 0.5) is 0 Å². The van der Waals surface area contributed by atoms with Crippen molar-refractivity contribution in [1.82, 2.24) is 0 Å². The molecular weight excluding hydrogens is 162 g/mol. The molecule has 0 saturated carbocycles. The van der Waals surface area contributed by atoms with Gasteiger partial charge in [-0.05, 0) is 0 Å². The van der Waals surface area contributed by atoms with Crippen molar-refractivity contribution < 1.29 is 62.7 Å². The van der Waals surface area contributed by atoms with Crippen LogP contribution in [-0.2, 0) is 4.79 Å². The molecule has 0 aromatic rings. The Labute approximate surface area is 84.7 Å². The van der Waals surface area contributed by atoms with Crippen LogP contribution in [0.25, 0.3) is 0 Å². The summed E-state index contributed by atoms with van der Waals surface area (Å²) in [5.74, 6) is 0. The Hall–Kier alpha value is 1.63. The molecule has 0 aliphatic heterocycles. The number of carboxylic acid groups (broad SMARTS) is 1. The van der Waals surface area contributed by atoms with E-state index in [2.05, 4.69) is 0 Å². The predicted octanol–water partition coefficient (Wildman–Crippen LogP) is -4.10. The fourth-order valence-electron chi connectivity index (χ4n) is 0. The van der Waals surface area contributed by atoms with Crippen molar-refractivity contribution in [2.45, 2.75) is 0 Å². The quantitative estimate of drug-likeness (QED) is 0.294. The molecule has 0 bridgehead atoms. The topological polar surface area (TPSA) is 37.3 Å². The van der Waals surface area contributed by atoms with Gasteiger partial charge in [-0.3, -0.25) is 4.79 Å². The van der Waals surface area contributed by atoms with E-state index in [0.29, 0.717) is 0 Å². The molecule has 2 nitrogen and oxygen atoms in total. The van der Waals surface area contributed by atoms with Crippen LogP contribution in [0.2, 0.25) is 0 Å². The fourth-order valence-corrected chi connectivity index (χ4v) is 0. The first-order chi connectivity index (χ1) is 1.41. The zero-order valence-corrected chi connectivity index (χ0v) is 8.15. The van der Waals surface area contributed by atoms with Gasteiger partial charge >= 0.3 is 68.5 Å². The first kappa shape index (κ1) is 16.0. The van der Waals surface area contributed by atoms with E-state index in [0.717, 1.165) is 0 Å². The molecule has 0 aromatic carbocycles. The molecule has 0 rings (SSSR count). The number of hydrogen-bond acceptors (Lipinski definition) is 1. The van der Waals surface area contributed by atoms with E-state index in [9.17, 15) is 0 Å². The van der Waals surface area contributed by atoms with Crippen molar-refractivity contribution >= 4 is 23.5 Å².